The number of carboxylic acids is 1. The number of carbonyl (C=O) groups excluding carboxylic acids is 3. The lowest BCUT2D eigenvalue weighted by Crippen LogP contribution is -2.54. The molecule has 0 saturated heterocycles. The topological polar surface area (TPSA) is 195 Å². The quantitative estimate of drug-likeness (QED) is 0.191. The molecule has 12 nitrogen and oxygen atoms in total. The minimum Gasteiger partial charge on any atom is -0.480 e. The number of H-pyrrole nitrogens is 2. The first-order chi connectivity index (χ1) is 16.2. The van der Waals surface area contributed by atoms with Crippen LogP contribution in [0.5, 0.6) is 0 Å². The van der Waals surface area contributed by atoms with Gasteiger partial charge < -0.3 is 36.8 Å². The highest BCUT2D eigenvalue weighted by atomic mass is 16.4. The predicted molar refractivity (Wildman–Crippen MR) is 122 cm³/mol. The van der Waals surface area contributed by atoms with Crippen LogP contribution in [0.4, 0.5) is 0 Å². The van der Waals surface area contributed by atoms with Crippen LogP contribution in [0.3, 0.4) is 0 Å². The number of aromatic amines is 2. The number of para-hydroxylation sites is 1. The lowest BCUT2D eigenvalue weighted by molar-refractivity contribution is -0.141. The van der Waals surface area contributed by atoms with Gasteiger partial charge in [-0.15, -0.1) is 0 Å². The van der Waals surface area contributed by atoms with Gasteiger partial charge in [-0.1, -0.05) is 18.2 Å². The Bertz CT molecular complexity index is 1160. The van der Waals surface area contributed by atoms with Crippen molar-refractivity contribution in [2.24, 2.45) is 5.73 Å². The Morgan fingerprint density at radius 3 is 2.56 bits per heavy atom. The molecule has 12 heteroatoms. The first-order valence-corrected chi connectivity index (χ1v) is 10.6. The molecule has 1 aromatic carbocycles. The molecule has 0 aliphatic carbocycles. The first-order valence-electron chi connectivity index (χ1n) is 10.6. The van der Waals surface area contributed by atoms with Gasteiger partial charge in [0, 0.05) is 41.8 Å². The first kappa shape index (κ1) is 24.5. The molecule has 3 unspecified atom stereocenters. The van der Waals surface area contributed by atoms with Crippen LogP contribution in [0.1, 0.15) is 18.2 Å². The fourth-order valence-corrected chi connectivity index (χ4v) is 3.38. The second kappa shape index (κ2) is 11.1. The summed E-state index contributed by atoms with van der Waals surface area (Å²) in [6.45, 7) is 0.861. The molecule has 0 radical (unpaired) electrons. The third-order valence-corrected chi connectivity index (χ3v) is 5.23. The number of nitrogens with zero attached hydrogens (tertiary/aromatic N) is 1. The molecule has 2 aromatic heterocycles. The fourth-order valence-electron chi connectivity index (χ4n) is 3.38. The number of nitrogens with two attached hydrogens (primary N) is 1. The Kier molecular flexibility index (Phi) is 7.98. The van der Waals surface area contributed by atoms with Crippen LogP contribution in [0.15, 0.2) is 43.0 Å². The van der Waals surface area contributed by atoms with E-state index in [9.17, 15) is 19.2 Å². The van der Waals surface area contributed by atoms with E-state index in [4.69, 9.17) is 10.8 Å². The summed E-state index contributed by atoms with van der Waals surface area (Å²) in [4.78, 5) is 58.4. The summed E-state index contributed by atoms with van der Waals surface area (Å²) in [5.41, 5.74) is 8.35. The lowest BCUT2D eigenvalue weighted by Gasteiger charge is -2.20. The molecular formula is C22H27N7O5. The van der Waals surface area contributed by atoms with Gasteiger partial charge >= 0.3 is 5.97 Å². The monoisotopic (exact) mass is 469 g/mol. The standard InChI is InChI=1S/C22H27N7O5/c1-12(22(33)34)28-19(30)10-26-21(32)18(6-13-8-25-17-5-3-2-4-15(13)17)29-20(31)16(23)7-14-9-24-11-27-14/h2-5,8-9,11-12,16,18,25H,6-7,10,23H2,1H3,(H,24,27)(H,26,32)(H,28,30)(H,29,31)(H,33,34). The van der Waals surface area contributed by atoms with E-state index in [1.165, 1.54) is 13.3 Å². The summed E-state index contributed by atoms with van der Waals surface area (Å²) >= 11 is 0. The number of carbonyl (C=O) groups is 4. The van der Waals surface area contributed by atoms with Gasteiger partial charge in [-0.2, -0.15) is 0 Å². The molecule has 3 atom stereocenters. The maximum atomic E-state index is 12.9. The number of imidazole rings is 1. The van der Waals surface area contributed by atoms with Crippen molar-refractivity contribution in [1.82, 2.24) is 30.9 Å². The van der Waals surface area contributed by atoms with E-state index in [1.54, 1.807) is 12.4 Å². The Hall–Kier alpha value is -4.19. The summed E-state index contributed by atoms with van der Waals surface area (Å²) in [5, 5.41) is 17.2. The number of hydrogen-bond donors (Lipinski definition) is 7. The molecule has 0 saturated carbocycles. The summed E-state index contributed by atoms with van der Waals surface area (Å²) in [7, 11) is 0. The van der Waals surface area contributed by atoms with Crippen molar-refractivity contribution in [2.75, 3.05) is 6.54 Å². The molecule has 8 N–H and O–H groups in total. The highest BCUT2D eigenvalue weighted by Gasteiger charge is 2.26. The van der Waals surface area contributed by atoms with Crippen LogP contribution in [0.25, 0.3) is 10.9 Å². The zero-order chi connectivity index (χ0) is 24.7. The third kappa shape index (κ3) is 6.42. The van der Waals surface area contributed by atoms with Crippen molar-refractivity contribution in [2.45, 2.75) is 37.9 Å². The fraction of sp³-hybridized carbons (Fsp3) is 0.318. The van der Waals surface area contributed by atoms with Crippen LogP contribution < -0.4 is 21.7 Å². The smallest absolute Gasteiger partial charge is 0.325 e. The molecule has 0 spiro atoms. The zero-order valence-electron chi connectivity index (χ0n) is 18.5. The van der Waals surface area contributed by atoms with E-state index in [2.05, 4.69) is 30.9 Å². The number of aliphatic carboxylic acids is 1. The Balaban J connectivity index is 1.70. The van der Waals surface area contributed by atoms with E-state index in [1.807, 2.05) is 24.3 Å². The van der Waals surface area contributed by atoms with E-state index in [0.29, 0.717) is 5.69 Å². The van der Waals surface area contributed by atoms with Gasteiger partial charge in [-0.3, -0.25) is 19.2 Å². The molecule has 3 rings (SSSR count). The van der Waals surface area contributed by atoms with Gasteiger partial charge in [0.1, 0.15) is 12.1 Å². The van der Waals surface area contributed by atoms with Crippen LogP contribution in [0.2, 0.25) is 0 Å². The molecule has 34 heavy (non-hydrogen) atoms. The molecule has 0 aliphatic rings. The molecule has 0 bridgehead atoms. The maximum absolute atomic E-state index is 12.9. The molecular weight excluding hydrogens is 442 g/mol. The summed E-state index contributed by atoms with van der Waals surface area (Å²) in [5.74, 6) is -3.02. The van der Waals surface area contributed by atoms with Gasteiger partial charge in [-0.25, -0.2) is 4.98 Å². The second-order valence-corrected chi connectivity index (χ2v) is 7.86. The van der Waals surface area contributed by atoms with Crippen molar-refractivity contribution in [3.05, 3.63) is 54.2 Å². The summed E-state index contributed by atoms with van der Waals surface area (Å²) in [6.07, 6.45) is 5.13. The number of hydrogen-bond acceptors (Lipinski definition) is 6. The Labute approximate surface area is 194 Å². The van der Waals surface area contributed by atoms with Crippen molar-refractivity contribution in [3.8, 4) is 0 Å². The molecule has 2 heterocycles. The highest BCUT2D eigenvalue weighted by Crippen LogP contribution is 2.19. The maximum Gasteiger partial charge on any atom is 0.325 e. The molecule has 0 aliphatic heterocycles. The Morgan fingerprint density at radius 2 is 1.85 bits per heavy atom. The molecule has 0 fully saturated rings. The summed E-state index contributed by atoms with van der Waals surface area (Å²) < 4.78 is 0. The van der Waals surface area contributed by atoms with Crippen LogP contribution in [-0.2, 0) is 32.0 Å². The lowest BCUT2D eigenvalue weighted by atomic mass is 10.0. The zero-order valence-corrected chi connectivity index (χ0v) is 18.5. The van der Waals surface area contributed by atoms with Crippen molar-refractivity contribution >= 4 is 34.6 Å². The van der Waals surface area contributed by atoms with Crippen molar-refractivity contribution in [3.63, 3.8) is 0 Å². The number of benzene rings is 1. The number of fused-ring (bicyclic) bond motifs is 1. The van der Waals surface area contributed by atoms with Crippen molar-refractivity contribution in [1.29, 1.82) is 0 Å². The molecule has 3 aromatic rings. The van der Waals surface area contributed by atoms with Gasteiger partial charge in [0.2, 0.25) is 17.7 Å². The normalized spacial score (nSPS) is 13.6. The minimum absolute atomic E-state index is 0.144. The predicted octanol–water partition coefficient (Wildman–Crippen LogP) is -0.806. The van der Waals surface area contributed by atoms with E-state index < -0.39 is 48.4 Å². The summed E-state index contributed by atoms with van der Waals surface area (Å²) in [6, 6.07) is 4.46. The van der Waals surface area contributed by atoms with Crippen LogP contribution >= 0.6 is 0 Å². The van der Waals surface area contributed by atoms with Crippen molar-refractivity contribution < 1.29 is 24.3 Å². The largest absolute Gasteiger partial charge is 0.480 e. The number of amides is 3. The van der Waals surface area contributed by atoms with Gasteiger partial charge in [0.15, 0.2) is 0 Å². The highest BCUT2D eigenvalue weighted by molar-refractivity contribution is 5.93. The molecule has 180 valence electrons. The second-order valence-electron chi connectivity index (χ2n) is 7.86. The van der Waals surface area contributed by atoms with Crippen LogP contribution in [-0.4, -0.2) is 68.4 Å². The average Bonchev–Trinajstić information content (AvgIpc) is 3.47. The third-order valence-electron chi connectivity index (χ3n) is 5.23. The van der Waals surface area contributed by atoms with E-state index in [0.717, 1.165) is 16.5 Å². The number of aromatic nitrogens is 3. The van der Waals surface area contributed by atoms with E-state index >= 15 is 0 Å². The van der Waals surface area contributed by atoms with Gasteiger partial charge in [0.05, 0.1) is 18.9 Å². The van der Waals surface area contributed by atoms with Gasteiger partial charge in [-0.05, 0) is 18.6 Å². The van der Waals surface area contributed by atoms with Crippen LogP contribution in [0, 0.1) is 0 Å². The van der Waals surface area contributed by atoms with Gasteiger partial charge in [0.25, 0.3) is 0 Å². The number of carboxylic acid groups (broad SMARTS) is 1. The average molecular weight is 470 g/mol. The minimum atomic E-state index is -1.20. The molecule has 3 amide bonds. The Morgan fingerprint density at radius 1 is 1.09 bits per heavy atom. The SMILES string of the molecule is CC(NC(=O)CNC(=O)C(Cc1c[nH]c2ccccc12)NC(=O)C(N)Cc1cnc[nH]1)C(=O)O. The number of nitrogens with one attached hydrogen (secondary N) is 5. The van der Waals surface area contributed by atoms with E-state index in [-0.39, 0.29) is 12.8 Å². The number of rotatable bonds is 11.